The number of hydrogen-bond acceptors (Lipinski definition) is 3. The molecular weight excluding hydrogens is 260 g/mol. The lowest BCUT2D eigenvalue weighted by Gasteiger charge is -2.39. The van der Waals surface area contributed by atoms with Gasteiger partial charge in [-0.15, -0.1) is 0 Å². The Morgan fingerprint density at radius 1 is 1.16 bits per heavy atom. The number of rotatable bonds is 5. The zero-order valence-electron chi connectivity index (χ0n) is 11.7. The molecule has 1 aliphatic rings. The molecule has 106 valence electrons. The summed E-state index contributed by atoms with van der Waals surface area (Å²) in [5.74, 6) is 1.57. The second-order valence-electron chi connectivity index (χ2n) is 5.55. The fraction of sp³-hybridized carbons (Fsp3) is 0.571. The summed E-state index contributed by atoms with van der Waals surface area (Å²) in [5.41, 5.74) is 0.988. The summed E-state index contributed by atoms with van der Waals surface area (Å²) in [6.07, 6.45) is 2.41. The van der Waals surface area contributed by atoms with Crippen molar-refractivity contribution >= 4 is 15.7 Å². The molecule has 1 saturated carbocycles. The van der Waals surface area contributed by atoms with Crippen LogP contribution >= 0.6 is 0 Å². The van der Waals surface area contributed by atoms with Crippen LogP contribution in [0.1, 0.15) is 26.7 Å². The highest BCUT2D eigenvalue weighted by atomic mass is 32.2. The highest BCUT2D eigenvalue weighted by Gasteiger charge is 2.30. The molecule has 2 N–H and O–H groups in total. The van der Waals surface area contributed by atoms with Gasteiger partial charge in [-0.2, -0.15) is 0 Å². The summed E-state index contributed by atoms with van der Waals surface area (Å²) in [6, 6.07) is 7.44. The maximum Gasteiger partial charge on any atom is 0.240 e. The Morgan fingerprint density at radius 2 is 1.74 bits per heavy atom. The van der Waals surface area contributed by atoms with E-state index in [1.54, 1.807) is 12.1 Å². The lowest BCUT2D eigenvalue weighted by Crippen LogP contribution is -2.37. The Bertz CT molecular complexity index is 517. The van der Waals surface area contributed by atoms with Crippen molar-refractivity contribution in [3.63, 3.8) is 0 Å². The molecule has 0 aliphatic heterocycles. The Kier molecular flexibility index (Phi) is 4.16. The first-order valence-corrected chi connectivity index (χ1v) is 8.21. The van der Waals surface area contributed by atoms with Crippen molar-refractivity contribution in [2.24, 2.45) is 11.8 Å². The molecule has 0 bridgehead atoms. The summed E-state index contributed by atoms with van der Waals surface area (Å²) in [7, 11) is -1.91. The first-order chi connectivity index (χ1) is 8.92. The molecular formula is C14H22N2O2S. The quantitative estimate of drug-likeness (QED) is 0.872. The third-order valence-electron chi connectivity index (χ3n) is 3.92. The van der Waals surface area contributed by atoms with E-state index in [0.29, 0.717) is 10.9 Å². The van der Waals surface area contributed by atoms with Crippen LogP contribution < -0.4 is 10.0 Å². The third-order valence-corrected chi connectivity index (χ3v) is 5.35. The predicted octanol–water partition coefficient (Wildman–Crippen LogP) is 2.44. The van der Waals surface area contributed by atoms with Crippen molar-refractivity contribution < 1.29 is 8.42 Å². The van der Waals surface area contributed by atoms with Crippen molar-refractivity contribution in [3.05, 3.63) is 24.3 Å². The monoisotopic (exact) mass is 282 g/mol. The molecule has 1 fully saturated rings. The molecule has 19 heavy (non-hydrogen) atoms. The number of benzene rings is 1. The average Bonchev–Trinajstić information content (AvgIpc) is 2.33. The van der Waals surface area contributed by atoms with E-state index in [-0.39, 0.29) is 0 Å². The topological polar surface area (TPSA) is 58.2 Å². The van der Waals surface area contributed by atoms with Crippen LogP contribution in [0.15, 0.2) is 29.2 Å². The summed E-state index contributed by atoms with van der Waals surface area (Å²) in [5, 5.41) is 3.44. The first-order valence-electron chi connectivity index (χ1n) is 6.72. The van der Waals surface area contributed by atoms with Gasteiger partial charge in [-0.25, -0.2) is 13.1 Å². The van der Waals surface area contributed by atoms with Crippen LogP contribution in [0.25, 0.3) is 0 Å². The van der Waals surface area contributed by atoms with E-state index in [9.17, 15) is 8.42 Å². The Balaban J connectivity index is 1.94. The van der Waals surface area contributed by atoms with Crippen LogP contribution in [-0.4, -0.2) is 21.5 Å². The number of anilines is 1. The van der Waals surface area contributed by atoms with Crippen molar-refractivity contribution in [1.29, 1.82) is 0 Å². The van der Waals surface area contributed by atoms with E-state index in [0.717, 1.165) is 17.5 Å². The fourth-order valence-electron chi connectivity index (χ4n) is 2.41. The van der Waals surface area contributed by atoms with Crippen molar-refractivity contribution in [2.45, 2.75) is 37.6 Å². The molecule has 5 heteroatoms. The van der Waals surface area contributed by atoms with E-state index >= 15 is 0 Å². The lowest BCUT2D eigenvalue weighted by molar-refractivity contribution is 0.212. The van der Waals surface area contributed by atoms with Crippen molar-refractivity contribution in [1.82, 2.24) is 4.72 Å². The van der Waals surface area contributed by atoms with Gasteiger partial charge in [0.25, 0.3) is 0 Å². The molecule has 0 saturated heterocycles. The highest BCUT2D eigenvalue weighted by molar-refractivity contribution is 7.89. The first kappa shape index (κ1) is 14.3. The standard InChI is InChI=1S/C14H22N2O2S/c1-10(2)11-8-13(9-11)16-12-4-6-14(7-5-12)19(17,18)15-3/h4-7,10-11,13,15-16H,8-9H2,1-3H3. The fourth-order valence-corrected chi connectivity index (χ4v) is 3.14. The van der Waals surface area contributed by atoms with Gasteiger partial charge in [-0.1, -0.05) is 13.8 Å². The minimum Gasteiger partial charge on any atom is -0.382 e. The van der Waals surface area contributed by atoms with Gasteiger partial charge in [0.1, 0.15) is 0 Å². The molecule has 0 atom stereocenters. The molecule has 0 spiro atoms. The Hall–Kier alpha value is -1.07. The van der Waals surface area contributed by atoms with E-state index in [2.05, 4.69) is 23.9 Å². The van der Waals surface area contributed by atoms with E-state index in [1.807, 2.05) is 12.1 Å². The molecule has 1 aromatic rings. The molecule has 4 nitrogen and oxygen atoms in total. The summed E-state index contributed by atoms with van der Waals surface area (Å²) < 4.78 is 25.5. The molecule has 1 aliphatic carbocycles. The van der Waals surface area contributed by atoms with E-state index in [4.69, 9.17) is 0 Å². The largest absolute Gasteiger partial charge is 0.382 e. The second-order valence-corrected chi connectivity index (χ2v) is 7.44. The SMILES string of the molecule is CNS(=O)(=O)c1ccc(NC2CC(C(C)C)C2)cc1. The van der Waals surface area contributed by atoms with Crippen LogP contribution in [-0.2, 0) is 10.0 Å². The summed E-state index contributed by atoms with van der Waals surface area (Å²) in [4.78, 5) is 0.300. The molecule has 0 unspecified atom stereocenters. The zero-order chi connectivity index (χ0) is 14.0. The molecule has 1 aromatic carbocycles. The van der Waals surface area contributed by atoms with Crippen molar-refractivity contribution in [2.75, 3.05) is 12.4 Å². The maximum atomic E-state index is 11.6. The van der Waals surface area contributed by atoms with Gasteiger partial charge in [0.05, 0.1) is 4.90 Å². The van der Waals surface area contributed by atoms with Crippen molar-refractivity contribution in [3.8, 4) is 0 Å². The normalized spacial score (nSPS) is 23.2. The van der Waals surface area contributed by atoms with Gasteiger partial charge in [0, 0.05) is 11.7 Å². The van der Waals surface area contributed by atoms with Crippen LogP contribution in [0.3, 0.4) is 0 Å². The van der Waals surface area contributed by atoms with E-state index < -0.39 is 10.0 Å². The zero-order valence-corrected chi connectivity index (χ0v) is 12.5. The van der Waals surface area contributed by atoms with Gasteiger partial charge in [0.15, 0.2) is 0 Å². The number of sulfonamides is 1. The van der Waals surface area contributed by atoms with Crippen LogP contribution in [0.2, 0.25) is 0 Å². The second kappa shape index (κ2) is 5.51. The smallest absolute Gasteiger partial charge is 0.240 e. The molecule has 2 rings (SSSR count). The summed E-state index contributed by atoms with van der Waals surface area (Å²) >= 11 is 0. The Morgan fingerprint density at radius 3 is 2.21 bits per heavy atom. The van der Waals surface area contributed by atoms with Gasteiger partial charge >= 0.3 is 0 Å². The molecule has 0 radical (unpaired) electrons. The lowest BCUT2D eigenvalue weighted by atomic mass is 9.73. The van der Waals surface area contributed by atoms with Gasteiger partial charge in [-0.3, -0.25) is 0 Å². The predicted molar refractivity (Wildman–Crippen MR) is 77.7 cm³/mol. The van der Waals surface area contributed by atoms with Gasteiger partial charge < -0.3 is 5.32 Å². The van der Waals surface area contributed by atoms with Crippen LogP contribution in [0.4, 0.5) is 5.69 Å². The van der Waals surface area contributed by atoms with Crippen LogP contribution in [0.5, 0.6) is 0 Å². The van der Waals surface area contributed by atoms with Gasteiger partial charge in [0.2, 0.25) is 10.0 Å². The minimum atomic E-state index is -3.33. The minimum absolute atomic E-state index is 0.300. The summed E-state index contributed by atoms with van der Waals surface area (Å²) in [6.45, 7) is 4.52. The molecule has 0 amide bonds. The molecule has 0 heterocycles. The molecule has 0 aromatic heterocycles. The Labute approximate surface area is 115 Å². The van der Waals surface area contributed by atoms with Gasteiger partial charge in [-0.05, 0) is 56.0 Å². The third kappa shape index (κ3) is 3.28. The number of hydrogen-bond donors (Lipinski definition) is 2. The maximum absolute atomic E-state index is 11.6. The average molecular weight is 282 g/mol. The highest BCUT2D eigenvalue weighted by Crippen LogP contribution is 2.35. The van der Waals surface area contributed by atoms with E-state index in [1.165, 1.54) is 19.9 Å². The van der Waals surface area contributed by atoms with Crippen LogP contribution in [0, 0.1) is 11.8 Å². The number of nitrogens with one attached hydrogen (secondary N) is 2.